The molecule has 8 atom stereocenters. The van der Waals surface area contributed by atoms with Crippen LogP contribution in [0.5, 0.6) is 0 Å². The normalized spacial score (nSPS) is 49.8. The summed E-state index contributed by atoms with van der Waals surface area (Å²) in [6.45, 7) is 6.80. The van der Waals surface area contributed by atoms with Crippen molar-refractivity contribution in [1.82, 2.24) is 0 Å². The highest BCUT2D eigenvalue weighted by atomic mass is 16.6. The molecule has 5 aliphatic rings. The molecule has 0 aromatic rings. The molecule has 3 saturated carbocycles. The van der Waals surface area contributed by atoms with Gasteiger partial charge in [-0.25, -0.2) is 0 Å². The SMILES string of the molecule is COC(=O)C1CC2=CC(=O)CC[C@]2(C)[C@@]23O[C@@H]2C[C@@]2(C)C(CCC2(C)CCC(=O)O)C13. The number of ketones is 1. The van der Waals surface area contributed by atoms with Gasteiger partial charge in [0.1, 0.15) is 5.60 Å². The zero-order chi connectivity index (χ0) is 22.4. The number of fused-ring (bicyclic) bond motifs is 3. The van der Waals surface area contributed by atoms with E-state index in [9.17, 15) is 19.5 Å². The van der Waals surface area contributed by atoms with Crippen LogP contribution in [0.4, 0.5) is 0 Å². The highest BCUT2D eigenvalue weighted by Crippen LogP contribution is 2.79. The molecule has 1 spiro atoms. The van der Waals surface area contributed by atoms with Crippen LogP contribution < -0.4 is 0 Å². The number of esters is 1. The first-order valence-electron chi connectivity index (χ1n) is 11.7. The monoisotopic (exact) mass is 430 g/mol. The fraction of sp³-hybridized carbons (Fsp3) is 0.800. The van der Waals surface area contributed by atoms with Gasteiger partial charge in [-0.3, -0.25) is 14.4 Å². The van der Waals surface area contributed by atoms with Gasteiger partial charge in [-0.15, -0.1) is 0 Å². The summed E-state index contributed by atoms with van der Waals surface area (Å²) in [6, 6.07) is 0. The van der Waals surface area contributed by atoms with Crippen molar-refractivity contribution in [2.24, 2.45) is 34.0 Å². The molecule has 0 aromatic carbocycles. The number of hydrogen-bond donors (Lipinski definition) is 1. The van der Waals surface area contributed by atoms with Gasteiger partial charge in [0.2, 0.25) is 0 Å². The van der Waals surface area contributed by atoms with E-state index in [0.717, 1.165) is 31.3 Å². The Morgan fingerprint density at radius 3 is 2.68 bits per heavy atom. The maximum Gasteiger partial charge on any atom is 0.309 e. The average Bonchev–Trinajstić information content (AvgIpc) is 3.38. The average molecular weight is 431 g/mol. The van der Waals surface area contributed by atoms with Gasteiger partial charge in [0.15, 0.2) is 5.78 Å². The Kier molecular flexibility index (Phi) is 4.39. The van der Waals surface area contributed by atoms with Crippen LogP contribution in [0.3, 0.4) is 0 Å². The van der Waals surface area contributed by atoms with Crippen LogP contribution in [0.25, 0.3) is 0 Å². The molecule has 4 fully saturated rings. The van der Waals surface area contributed by atoms with Gasteiger partial charge in [0, 0.05) is 24.2 Å². The second-order valence-electron chi connectivity index (χ2n) is 11.4. The van der Waals surface area contributed by atoms with Gasteiger partial charge in [-0.2, -0.15) is 0 Å². The summed E-state index contributed by atoms with van der Waals surface area (Å²) >= 11 is 0. The number of aliphatic carboxylic acids is 1. The highest BCUT2D eigenvalue weighted by Gasteiger charge is 2.82. The van der Waals surface area contributed by atoms with Crippen molar-refractivity contribution in [1.29, 1.82) is 0 Å². The molecule has 1 saturated heterocycles. The molecule has 1 heterocycles. The van der Waals surface area contributed by atoms with Crippen molar-refractivity contribution >= 4 is 17.7 Å². The summed E-state index contributed by atoms with van der Waals surface area (Å²) in [4.78, 5) is 36.6. The minimum Gasteiger partial charge on any atom is -0.481 e. The van der Waals surface area contributed by atoms with Crippen LogP contribution in [-0.2, 0) is 23.9 Å². The minimum absolute atomic E-state index is 0.0469. The van der Waals surface area contributed by atoms with E-state index in [-0.39, 0.29) is 58.3 Å². The topological polar surface area (TPSA) is 93.2 Å². The number of hydrogen-bond acceptors (Lipinski definition) is 5. The number of rotatable bonds is 4. The summed E-state index contributed by atoms with van der Waals surface area (Å²) < 4.78 is 11.9. The third kappa shape index (κ3) is 2.51. The maximum atomic E-state index is 13.0. The molecule has 1 aliphatic heterocycles. The Morgan fingerprint density at radius 1 is 1.26 bits per heavy atom. The zero-order valence-electron chi connectivity index (χ0n) is 19.0. The van der Waals surface area contributed by atoms with E-state index in [4.69, 9.17) is 9.47 Å². The Bertz CT molecular complexity index is 892. The summed E-state index contributed by atoms with van der Waals surface area (Å²) in [5.41, 5.74) is 0.273. The molecule has 4 aliphatic carbocycles. The molecule has 5 rings (SSSR count). The summed E-state index contributed by atoms with van der Waals surface area (Å²) in [6.07, 6.45) is 7.39. The van der Waals surface area contributed by atoms with Crippen molar-refractivity contribution in [2.45, 2.75) is 83.8 Å². The number of methoxy groups -OCH3 is 1. The molecule has 0 radical (unpaired) electrons. The van der Waals surface area contributed by atoms with Crippen LogP contribution in [0.2, 0.25) is 0 Å². The molecule has 170 valence electrons. The second-order valence-corrected chi connectivity index (χ2v) is 11.4. The number of ether oxygens (including phenoxy) is 2. The fourth-order valence-electron chi connectivity index (χ4n) is 8.53. The molecule has 0 amide bonds. The third-order valence-electron chi connectivity index (χ3n) is 10.5. The molecule has 1 N–H and O–H groups in total. The predicted molar refractivity (Wildman–Crippen MR) is 112 cm³/mol. The summed E-state index contributed by atoms with van der Waals surface area (Å²) in [7, 11) is 1.45. The standard InChI is InChI=1S/C25H34O6/c1-22(9-7-19(27)28)8-6-17-20-16(21(29)30-4)12-14-11-15(26)5-10-23(14,2)25(20)18(31-25)13-24(17,22)3/h11,16-18,20H,5-10,12-13H2,1-4H3,(H,27,28)/t16?,17?,18-,20?,22?,23+,24+,25-/m1/s1. The van der Waals surface area contributed by atoms with Crippen LogP contribution in [-0.4, -0.2) is 41.6 Å². The van der Waals surface area contributed by atoms with Crippen LogP contribution in [0.1, 0.15) is 72.1 Å². The van der Waals surface area contributed by atoms with E-state index in [0.29, 0.717) is 19.3 Å². The lowest BCUT2D eigenvalue weighted by Crippen LogP contribution is -2.62. The smallest absolute Gasteiger partial charge is 0.309 e. The minimum atomic E-state index is -0.750. The van der Waals surface area contributed by atoms with Crippen LogP contribution in [0, 0.1) is 34.0 Å². The van der Waals surface area contributed by atoms with E-state index in [1.165, 1.54) is 7.11 Å². The number of carbonyl (C=O) groups excluding carboxylic acids is 2. The van der Waals surface area contributed by atoms with Crippen LogP contribution in [0.15, 0.2) is 11.6 Å². The summed E-state index contributed by atoms with van der Waals surface area (Å²) in [5.74, 6) is -0.795. The largest absolute Gasteiger partial charge is 0.481 e. The van der Waals surface area contributed by atoms with E-state index < -0.39 is 11.6 Å². The van der Waals surface area contributed by atoms with Gasteiger partial charge in [-0.1, -0.05) is 26.3 Å². The van der Waals surface area contributed by atoms with Crippen molar-refractivity contribution < 1.29 is 29.0 Å². The Labute approximate surface area is 183 Å². The van der Waals surface area contributed by atoms with E-state index in [1.807, 2.05) is 0 Å². The first-order valence-corrected chi connectivity index (χ1v) is 11.7. The molecule has 6 nitrogen and oxygen atoms in total. The molecular weight excluding hydrogens is 396 g/mol. The predicted octanol–water partition coefficient (Wildman–Crippen LogP) is 3.92. The zero-order valence-corrected chi connectivity index (χ0v) is 19.0. The molecular formula is C25H34O6. The van der Waals surface area contributed by atoms with Gasteiger partial charge in [0.05, 0.1) is 19.1 Å². The van der Waals surface area contributed by atoms with E-state index in [1.54, 1.807) is 6.08 Å². The lowest BCUT2D eigenvalue weighted by Gasteiger charge is -2.59. The van der Waals surface area contributed by atoms with Gasteiger partial charge in [0.25, 0.3) is 0 Å². The van der Waals surface area contributed by atoms with Gasteiger partial charge < -0.3 is 14.6 Å². The molecule has 6 heteroatoms. The lowest BCUT2D eigenvalue weighted by atomic mass is 9.43. The number of carboxylic acid groups (broad SMARTS) is 1. The van der Waals surface area contributed by atoms with Crippen molar-refractivity contribution in [3.05, 3.63) is 11.6 Å². The molecule has 0 aromatic heterocycles. The molecule has 0 bridgehead atoms. The lowest BCUT2D eigenvalue weighted by molar-refractivity contribution is -0.158. The van der Waals surface area contributed by atoms with E-state index >= 15 is 0 Å². The first kappa shape index (κ1) is 21.2. The summed E-state index contributed by atoms with van der Waals surface area (Å²) in [5, 5.41) is 9.33. The van der Waals surface area contributed by atoms with Crippen LogP contribution >= 0.6 is 0 Å². The van der Waals surface area contributed by atoms with E-state index in [2.05, 4.69) is 20.8 Å². The maximum absolute atomic E-state index is 13.0. The third-order valence-corrected chi connectivity index (χ3v) is 10.5. The highest BCUT2D eigenvalue weighted by molar-refractivity contribution is 5.92. The quantitative estimate of drug-likeness (QED) is 0.537. The Balaban J connectivity index is 1.59. The van der Waals surface area contributed by atoms with Crippen molar-refractivity contribution in [2.75, 3.05) is 7.11 Å². The molecule has 31 heavy (non-hydrogen) atoms. The number of epoxide rings is 1. The van der Waals surface area contributed by atoms with Crippen molar-refractivity contribution in [3.63, 3.8) is 0 Å². The Hall–Kier alpha value is -1.69. The first-order chi connectivity index (χ1) is 14.5. The van der Waals surface area contributed by atoms with Gasteiger partial charge in [-0.05, 0) is 61.3 Å². The number of carbonyl (C=O) groups is 3. The van der Waals surface area contributed by atoms with Gasteiger partial charge >= 0.3 is 11.9 Å². The molecule has 4 unspecified atom stereocenters. The second kappa shape index (κ2) is 6.43. The number of carboxylic acids is 1. The fourth-order valence-corrected chi connectivity index (χ4v) is 8.53. The Morgan fingerprint density at radius 2 is 2.00 bits per heavy atom. The van der Waals surface area contributed by atoms with Crippen molar-refractivity contribution in [3.8, 4) is 0 Å².